The Morgan fingerprint density at radius 1 is 0.704 bits per heavy atom. The van der Waals surface area contributed by atoms with Gasteiger partial charge < -0.3 is 21.3 Å². The maximum Gasteiger partial charge on any atom is 0.343 e. The number of carbonyl (C=O) groups excluding carboxylic acids is 2. The van der Waals surface area contributed by atoms with Gasteiger partial charge in [-0.25, -0.2) is 24.7 Å². The Morgan fingerprint density at radius 3 is 1.67 bits per heavy atom. The van der Waals surface area contributed by atoms with Crippen LogP contribution in [0.3, 0.4) is 0 Å². The van der Waals surface area contributed by atoms with Crippen molar-refractivity contribution in [2.24, 2.45) is 20.5 Å². The lowest BCUT2D eigenvalue weighted by Gasteiger charge is -2.07. The Kier molecular flexibility index (Phi) is 9.21. The Morgan fingerprint density at radius 2 is 1.20 bits per heavy atom. The number of aliphatic hydroxyl groups is 1. The Labute approximate surface area is 303 Å². The van der Waals surface area contributed by atoms with E-state index in [9.17, 15) is 14.7 Å². The number of methoxy groups -OCH3 is 1. The van der Waals surface area contributed by atoms with E-state index in [1.165, 1.54) is 50.6 Å². The van der Waals surface area contributed by atoms with Gasteiger partial charge >= 0.3 is 5.97 Å². The summed E-state index contributed by atoms with van der Waals surface area (Å²) in [6, 6.07) is 11.9. The van der Waals surface area contributed by atoms with Gasteiger partial charge in [-0.1, -0.05) is 12.1 Å². The van der Waals surface area contributed by atoms with Crippen molar-refractivity contribution in [2.45, 2.75) is 13.8 Å². The van der Waals surface area contributed by atoms with Crippen molar-refractivity contribution < 1.29 is 19.4 Å². The minimum absolute atomic E-state index is 0.0313. The molecule has 7 rings (SSSR count). The maximum atomic E-state index is 12.5. The molecule has 270 valence electrons. The van der Waals surface area contributed by atoms with Crippen LogP contribution in [0.15, 0.2) is 94.0 Å². The molecule has 0 aliphatic rings. The number of aryl methyl sites for hydroxylation is 2. The van der Waals surface area contributed by atoms with Crippen molar-refractivity contribution in [3.63, 3.8) is 0 Å². The van der Waals surface area contributed by atoms with Gasteiger partial charge in [0, 0.05) is 18.5 Å². The number of azo groups is 2. The van der Waals surface area contributed by atoms with Crippen molar-refractivity contribution in [1.29, 1.82) is 0 Å². The minimum atomic E-state index is -0.760. The summed E-state index contributed by atoms with van der Waals surface area (Å²) >= 11 is 0. The predicted molar refractivity (Wildman–Crippen MR) is 188 cm³/mol. The Hall–Kier alpha value is -7.88. The number of pyridine rings is 2. The molecule has 0 fully saturated rings. The van der Waals surface area contributed by atoms with E-state index in [0.717, 1.165) is 0 Å². The van der Waals surface area contributed by atoms with E-state index < -0.39 is 18.4 Å². The lowest BCUT2D eigenvalue weighted by atomic mass is 10.2. The summed E-state index contributed by atoms with van der Waals surface area (Å²) in [6.45, 7) is 2.58. The summed E-state index contributed by atoms with van der Waals surface area (Å²) in [5.74, 6) is 0.173. The molecule has 7 aromatic heterocycles. The second-order valence-corrected chi connectivity index (χ2v) is 11.1. The number of nitrogen functional groups attached to an aromatic ring is 2. The van der Waals surface area contributed by atoms with Gasteiger partial charge in [0.15, 0.2) is 63.7 Å². The molecule has 0 amide bonds. The zero-order valence-electron chi connectivity index (χ0n) is 28.6. The lowest BCUT2D eigenvalue weighted by molar-refractivity contribution is 0.0601. The summed E-state index contributed by atoms with van der Waals surface area (Å²) in [5, 5.41) is 44.2. The van der Waals surface area contributed by atoms with Gasteiger partial charge in [0.05, 0.1) is 36.5 Å². The van der Waals surface area contributed by atoms with Crippen LogP contribution in [0.5, 0.6) is 0 Å². The van der Waals surface area contributed by atoms with Crippen molar-refractivity contribution in [2.75, 3.05) is 25.2 Å². The highest BCUT2D eigenvalue weighted by molar-refractivity contribution is 6.00. The summed E-state index contributed by atoms with van der Waals surface area (Å²) in [5.41, 5.74) is 14.3. The summed E-state index contributed by atoms with van der Waals surface area (Å²) in [6.07, 6.45) is 6.97. The van der Waals surface area contributed by atoms with Gasteiger partial charge in [-0.3, -0.25) is 4.79 Å². The zero-order valence-corrected chi connectivity index (χ0v) is 28.6. The van der Waals surface area contributed by atoms with Crippen molar-refractivity contribution in [3.05, 3.63) is 96.1 Å². The fraction of sp³-hybridized carbons (Fsp3) is 0.125. The molecule has 0 spiro atoms. The van der Waals surface area contributed by atoms with Gasteiger partial charge in [0.1, 0.15) is 18.5 Å². The SMILES string of the molecule is COC(=O)c1cnn(-c2ccccn2)c1N=Nc1c(C)nn(-c2cc(-n3nc(C)c(N=Nc4c(C(=O)CO)cnn4-c4ccccn4)c3N)ncn2)c1N. The first-order valence-corrected chi connectivity index (χ1v) is 15.8. The molecule has 22 heteroatoms. The van der Waals surface area contributed by atoms with Crippen LogP contribution < -0.4 is 11.5 Å². The number of aromatic nitrogens is 12. The second kappa shape index (κ2) is 14.4. The number of ketones is 1. The van der Waals surface area contributed by atoms with E-state index >= 15 is 0 Å². The Balaban J connectivity index is 1.21. The molecule has 54 heavy (non-hydrogen) atoms. The number of aliphatic hydroxyl groups excluding tert-OH is 1. The molecule has 7 heterocycles. The number of rotatable bonds is 11. The monoisotopic (exact) mass is 728 g/mol. The number of anilines is 2. The van der Waals surface area contributed by atoms with E-state index in [1.807, 2.05) is 0 Å². The van der Waals surface area contributed by atoms with Gasteiger partial charge in [-0.15, -0.1) is 20.5 Å². The molecule has 22 nitrogen and oxygen atoms in total. The first kappa shape index (κ1) is 34.6. The topological polar surface area (TPSA) is 288 Å². The largest absolute Gasteiger partial charge is 0.465 e. The van der Waals surface area contributed by atoms with Crippen molar-refractivity contribution in [1.82, 2.24) is 59.1 Å². The summed E-state index contributed by atoms with van der Waals surface area (Å²) < 4.78 is 10.2. The third kappa shape index (κ3) is 6.30. The number of nitrogens with two attached hydrogens (primary N) is 2. The van der Waals surface area contributed by atoms with E-state index in [1.54, 1.807) is 62.6 Å². The highest BCUT2D eigenvalue weighted by Gasteiger charge is 2.23. The fourth-order valence-electron chi connectivity index (χ4n) is 5.14. The van der Waals surface area contributed by atoms with Gasteiger partial charge in [-0.05, 0) is 38.1 Å². The predicted octanol–water partition coefficient (Wildman–Crippen LogP) is 3.58. The average molecular weight is 729 g/mol. The molecule has 0 aliphatic carbocycles. The molecule has 0 unspecified atom stereocenters. The first-order valence-electron chi connectivity index (χ1n) is 15.8. The average Bonchev–Trinajstić information content (AvgIpc) is 3.96. The van der Waals surface area contributed by atoms with Gasteiger partial charge in [-0.2, -0.15) is 39.1 Å². The second-order valence-electron chi connectivity index (χ2n) is 11.1. The lowest BCUT2D eigenvalue weighted by Crippen LogP contribution is -2.09. The van der Waals surface area contributed by atoms with Crippen molar-refractivity contribution >= 4 is 46.4 Å². The summed E-state index contributed by atoms with van der Waals surface area (Å²) in [7, 11) is 1.24. The maximum absolute atomic E-state index is 12.5. The van der Waals surface area contributed by atoms with Crippen LogP contribution in [-0.4, -0.2) is 89.6 Å². The minimum Gasteiger partial charge on any atom is -0.465 e. The van der Waals surface area contributed by atoms with Crippen molar-refractivity contribution in [3.8, 4) is 23.3 Å². The highest BCUT2D eigenvalue weighted by atomic mass is 16.5. The third-order valence-electron chi connectivity index (χ3n) is 7.76. The molecular weight excluding hydrogens is 700 g/mol. The van der Waals surface area contributed by atoms with Crippen LogP contribution in [0.2, 0.25) is 0 Å². The van der Waals surface area contributed by atoms with E-state index in [2.05, 4.69) is 60.8 Å². The standard InChI is InChI=1S/C32H28N18O4/c1-17-26(41-43-30-19(21(52)15-51)13-39-49(30)22-8-4-6-10-35-22)28(33)47(45-17)24-12-25(38-16-37-24)48-29(34)27(18(2)46-48)42-44-31-20(32(53)54-3)14-40-50(31)23-9-5-7-11-36-23/h4-14,16,51H,15,33-34H2,1-3H3. The third-order valence-corrected chi connectivity index (χ3v) is 7.76. The number of nitrogens with zero attached hydrogens (tertiary/aromatic N) is 16. The van der Waals surface area contributed by atoms with Crippen LogP contribution in [0.4, 0.5) is 34.6 Å². The number of Topliss-reactive ketones (excluding diaryl/α,β-unsaturated/α-hetero) is 1. The zero-order chi connectivity index (χ0) is 37.9. The summed E-state index contributed by atoms with van der Waals surface area (Å²) in [4.78, 5) is 42.2. The highest BCUT2D eigenvalue weighted by Crippen LogP contribution is 2.34. The van der Waals surface area contributed by atoms with Crippen LogP contribution in [0.25, 0.3) is 23.3 Å². The molecule has 5 N–H and O–H groups in total. The van der Waals surface area contributed by atoms with Gasteiger partial charge in [0.25, 0.3) is 0 Å². The number of ether oxygens (including phenoxy) is 1. The number of hydrogen-bond donors (Lipinski definition) is 3. The molecule has 0 atom stereocenters. The molecule has 0 aromatic carbocycles. The Bertz CT molecular complexity index is 2400. The van der Waals surface area contributed by atoms with E-state index in [4.69, 9.17) is 16.2 Å². The van der Waals surface area contributed by atoms with Crippen LogP contribution in [0.1, 0.15) is 32.1 Å². The molecule has 7 aromatic rings. The number of esters is 1. The number of hydrogen-bond acceptors (Lipinski definition) is 18. The number of carbonyl (C=O) groups is 2. The van der Waals surface area contributed by atoms with E-state index in [-0.39, 0.29) is 57.4 Å². The van der Waals surface area contributed by atoms with Crippen LogP contribution in [-0.2, 0) is 4.74 Å². The normalized spacial score (nSPS) is 11.6. The molecule has 0 bridgehead atoms. The molecule has 0 aliphatic heterocycles. The molecule has 0 saturated carbocycles. The van der Waals surface area contributed by atoms with E-state index in [0.29, 0.717) is 23.0 Å². The molecule has 0 saturated heterocycles. The molecule has 0 radical (unpaired) electrons. The first-order chi connectivity index (χ1) is 26.2. The fourth-order valence-corrected chi connectivity index (χ4v) is 5.14. The van der Waals surface area contributed by atoms with Crippen LogP contribution >= 0.6 is 0 Å². The quantitative estimate of drug-likeness (QED) is 0.0975. The molecular formula is C32H28N18O4. The van der Waals surface area contributed by atoms with Crippen LogP contribution in [0, 0.1) is 13.8 Å². The van der Waals surface area contributed by atoms with Gasteiger partial charge in [0.2, 0.25) is 0 Å². The smallest absolute Gasteiger partial charge is 0.343 e.